The SMILES string of the molecule is O=S(=O)(Cc1ccccc1)Nc1cncc(-c2ccc3nccc(-c4ccncc4)c3c2)c1. The third kappa shape index (κ3) is 4.73. The van der Waals surface area contributed by atoms with Crippen LogP contribution in [0.2, 0.25) is 0 Å². The summed E-state index contributed by atoms with van der Waals surface area (Å²) in [6.07, 6.45) is 8.55. The van der Waals surface area contributed by atoms with Crippen LogP contribution in [-0.2, 0) is 15.8 Å². The van der Waals surface area contributed by atoms with E-state index in [-0.39, 0.29) is 5.75 Å². The fraction of sp³-hybridized carbons (Fsp3) is 0.0385. The van der Waals surface area contributed by atoms with Crippen molar-refractivity contribution in [3.8, 4) is 22.3 Å². The molecule has 0 atom stereocenters. The minimum Gasteiger partial charge on any atom is -0.282 e. The van der Waals surface area contributed by atoms with E-state index in [9.17, 15) is 8.42 Å². The number of anilines is 1. The number of pyridine rings is 3. The normalized spacial score (nSPS) is 11.4. The van der Waals surface area contributed by atoms with Gasteiger partial charge >= 0.3 is 0 Å². The zero-order valence-corrected chi connectivity index (χ0v) is 18.4. The van der Waals surface area contributed by atoms with Crippen LogP contribution in [0, 0.1) is 0 Å². The van der Waals surface area contributed by atoms with E-state index in [0.29, 0.717) is 5.69 Å². The van der Waals surface area contributed by atoms with Crippen LogP contribution in [0.4, 0.5) is 5.69 Å². The summed E-state index contributed by atoms with van der Waals surface area (Å²) in [5, 5.41) is 0.997. The molecule has 0 radical (unpaired) electrons. The van der Waals surface area contributed by atoms with Crippen molar-refractivity contribution in [2.24, 2.45) is 0 Å². The number of nitrogens with zero attached hydrogens (tertiary/aromatic N) is 3. The molecule has 0 unspecified atom stereocenters. The van der Waals surface area contributed by atoms with Gasteiger partial charge in [0.1, 0.15) is 0 Å². The molecule has 0 spiro atoms. The fourth-order valence-corrected chi connectivity index (χ4v) is 4.95. The Bertz CT molecular complexity index is 1520. The van der Waals surface area contributed by atoms with Gasteiger partial charge in [-0.3, -0.25) is 19.7 Å². The third-order valence-electron chi connectivity index (χ3n) is 5.28. The Morgan fingerprint density at radius 3 is 2.36 bits per heavy atom. The van der Waals surface area contributed by atoms with Gasteiger partial charge in [-0.2, -0.15) is 0 Å². The average Bonchev–Trinajstić information content (AvgIpc) is 2.84. The number of hydrogen-bond donors (Lipinski definition) is 1. The summed E-state index contributed by atoms with van der Waals surface area (Å²) in [5.74, 6) is -0.102. The van der Waals surface area contributed by atoms with Crippen LogP contribution < -0.4 is 4.72 Å². The van der Waals surface area contributed by atoms with Crippen molar-refractivity contribution in [1.82, 2.24) is 15.0 Å². The van der Waals surface area contributed by atoms with Crippen LogP contribution in [-0.4, -0.2) is 23.4 Å². The van der Waals surface area contributed by atoms with Gasteiger partial charge in [-0.15, -0.1) is 0 Å². The number of fused-ring (bicyclic) bond motifs is 1. The molecule has 0 aliphatic carbocycles. The van der Waals surface area contributed by atoms with Crippen LogP contribution in [0.1, 0.15) is 5.56 Å². The number of benzene rings is 2. The van der Waals surface area contributed by atoms with Crippen molar-refractivity contribution in [2.75, 3.05) is 4.72 Å². The monoisotopic (exact) mass is 452 g/mol. The van der Waals surface area contributed by atoms with E-state index in [4.69, 9.17) is 0 Å². The molecule has 5 rings (SSSR count). The van der Waals surface area contributed by atoms with Gasteiger partial charge in [0.15, 0.2) is 0 Å². The molecule has 7 heteroatoms. The second-order valence-electron chi connectivity index (χ2n) is 7.64. The molecule has 0 aliphatic rings. The summed E-state index contributed by atoms with van der Waals surface area (Å²) in [6.45, 7) is 0. The Hall–Kier alpha value is -4.10. The molecule has 3 heterocycles. The van der Waals surface area contributed by atoms with Crippen LogP contribution in [0.15, 0.2) is 104 Å². The van der Waals surface area contributed by atoms with E-state index in [2.05, 4.69) is 25.7 Å². The lowest BCUT2D eigenvalue weighted by atomic mass is 9.98. The second-order valence-corrected chi connectivity index (χ2v) is 9.36. The fourth-order valence-electron chi connectivity index (χ4n) is 3.77. The zero-order valence-electron chi connectivity index (χ0n) is 17.6. The second kappa shape index (κ2) is 8.80. The Morgan fingerprint density at radius 2 is 1.55 bits per heavy atom. The first-order valence-corrected chi connectivity index (χ1v) is 12.0. The Balaban J connectivity index is 1.48. The van der Waals surface area contributed by atoms with Gasteiger partial charge in [-0.1, -0.05) is 36.4 Å². The molecule has 2 aromatic carbocycles. The summed E-state index contributed by atoms with van der Waals surface area (Å²) in [5.41, 5.74) is 5.85. The molecule has 0 amide bonds. The highest BCUT2D eigenvalue weighted by Gasteiger charge is 2.13. The maximum absolute atomic E-state index is 12.6. The first-order valence-electron chi connectivity index (χ1n) is 10.4. The standard InChI is InChI=1S/C26H20N4O2S/c31-33(32,18-19-4-2-1-3-5-19)30-23-14-22(16-28-17-23)21-6-7-26-25(15-21)24(10-13-29-26)20-8-11-27-12-9-20/h1-17,30H,18H2. The summed E-state index contributed by atoms with van der Waals surface area (Å²) in [6, 6.07) is 22.8. The summed E-state index contributed by atoms with van der Waals surface area (Å²) in [7, 11) is -3.57. The zero-order chi connectivity index (χ0) is 22.7. The number of sulfonamides is 1. The lowest BCUT2D eigenvalue weighted by Gasteiger charge is -2.11. The number of aromatic nitrogens is 3. The highest BCUT2D eigenvalue weighted by atomic mass is 32.2. The molecular weight excluding hydrogens is 432 g/mol. The van der Waals surface area contributed by atoms with Crippen LogP contribution >= 0.6 is 0 Å². The predicted octanol–water partition coefficient (Wildman–Crippen LogP) is 5.30. The molecule has 162 valence electrons. The lowest BCUT2D eigenvalue weighted by molar-refractivity contribution is 0.600. The van der Waals surface area contributed by atoms with Crippen molar-refractivity contribution >= 4 is 26.6 Å². The largest absolute Gasteiger partial charge is 0.282 e. The number of nitrogens with one attached hydrogen (secondary N) is 1. The van der Waals surface area contributed by atoms with Crippen molar-refractivity contribution < 1.29 is 8.42 Å². The van der Waals surface area contributed by atoms with Gasteiger partial charge in [0.2, 0.25) is 10.0 Å². The van der Waals surface area contributed by atoms with Gasteiger partial charge in [0.05, 0.1) is 23.2 Å². The molecule has 0 aliphatic heterocycles. The molecule has 5 aromatic rings. The van der Waals surface area contributed by atoms with Gasteiger partial charge in [0, 0.05) is 35.7 Å². The van der Waals surface area contributed by atoms with Gasteiger partial charge in [-0.05, 0) is 58.7 Å². The molecule has 0 fully saturated rings. The maximum atomic E-state index is 12.6. The molecule has 6 nitrogen and oxygen atoms in total. The summed E-state index contributed by atoms with van der Waals surface area (Å²) in [4.78, 5) is 12.8. The van der Waals surface area contributed by atoms with Crippen LogP contribution in [0.3, 0.4) is 0 Å². The van der Waals surface area contributed by atoms with Gasteiger partial charge in [-0.25, -0.2) is 8.42 Å². The molecule has 1 N–H and O–H groups in total. The van der Waals surface area contributed by atoms with E-state index in [1.807, 2.05) is 48.5 Å². The Kier molecular flexibility index (Phi) is 5.54. The molecule has 3 aromatic heterocycles. The smallest absolute Gasteiger partial charge is 0.236 e. The Labute approximate surface area is 192 Å². The van der Waals surface area contributed by atoms with Gasteiger partial charge in [0.25, 0.3) is 0 Å². The van der Waals surface area contributed by atoms with Crippen LogP contribution in [0.25, 0.3) is 33.2 Å². The molecular formula is C26H20N4O2S. The number of hydrogen-bond acceptors (Lipinski definition) is 5. The third-order valence-corrected chi connectivity index (χ3v) is 6.54. The van der Waals surface area contributed by atoms with E-state index in [1.54, 1.807) is 43.0 Å². The highest BCUT2D eigenvalue weighted by molar-refractivity contribution is 7.91. The topological polar surface area (TPSA) is 84.8 Å². The molecule has 0 saturated carbocycles. The van der Waals surface area contributed by atoms with Crippen LogP contribution in [0.5, 0.6) is 0 Å². The van der Waals surface area contributed by atoms with Crippen molar-refractivity contribution in [3.05, 3.63) is 109 Å². The highest BCUT2D eigenvalue weighted by Crippen LogP contribution is 2.31. The summed E-state index contributed by atoms with van der Waals surface area (Å²) >= 11 is 0. The van der Waals surface area contributed by atoms with E-state index >= 15 is 0 Å². The maximum Gasteiger partial charge on any atom is 0.236 e. The quantitative estimate of drug-likeness (QED) is 0.378. The summed E-state index contributed by atoms with van der Waals surface area (Å²) < 4.78 is 27.9. The van der Waals surface area contributed by atoms with Gasteiger partial charge < -0.3 is 0 Å². The van der Waals surface area contributed by atoms with Crippen molar-refractivity contribution in [2.45, 2.75) is 5.75 Å². The first kappa shape index (κ1) is 20.8. The van der Waals surface area contributed by atoms with E-state index < -0.39 is 10.0 Å². The minimum absolute atomic E-state index is 0.102. The van der Waals surface area contributed by atoms with Crippen molar-refractivity contribution in [3.63, 3.8) is 0 Å². The van der Waals surface area contributed by atoms with E-state index in [1.165, 1.54) is 6.20 Å². The van der Waals surface area contributed by atoms with Crippen molar-refractivity contribution in [1.29, 1.82) is 0 Å². The first-order chi connectivity index (χ1) is 16.1. The van der Waals surface area contributed by atoms with E-state index in [0.717, 1.165) is 38.7 Å². The molecule has 0 bridgehead atoms. The predicted molar refractivity (Wildman–Crippen MR) is 131 cm³/mol. The minimum atomic E-state index is -3.57. The molecule has 0 saturated heterocycles. The average molecular weight is 453 g/mol. The lowest BCUT2D eigenvalue weighted by Crippen LogP contribution is -2.15. The Morgan fingerprint density at radius 1 is 0.727 bits per heavy atom. The number of rotatable bonds is 6. The molecule has 33 heavy (non-hydrogen) atoms.